The van der Waals surface area contributed by atoms with Crippen molar-refractivity contribution in [2.24, 2.45) is 17.0 Å². The largest absolute Gasteiger partial charge is 0.469 e. The van der Waals surface area contributed by atoms with Crippen LogP contribution in [0.15, 0.2) is 65.8 Å². The van der Waals surface area contributed by atoms with E-state index >= 15 is 0 Å². The van der Waals surface area contributed by atoms with E-state index in [0.717, 1.165) is 6.42 Å². The van der Waals surface area contributed by atoms with Gasteiger partial charge in [0.2, 0.25) is 0 Å². The summed E-state index contributed by atoms with van der Waals surface area (Å²) in [6, 6.07) is 17.8. The third kappa shape index (κ3) is 4.91. The highest BCUT2D eigenvalue weighted by molar-refractivity contribution is 8.02. The molecule has 200 valence electrons. The van der Waals surface area contributed by atoms with Crippen molar-refractivity contribution < 1.29 is 24.3 Å². The van der Waals surface area contributed by atoms with Gasteiger partial charge in [-0.15, -0.1) is 11.8 Å². The van der Waals surface area contributed by atoms with Crippen LogP contribution in [0, 0.1) is 11.8 Å². The number of hydrogen-bond acceptors (Lipinski definition) is 8. The van der Waals surface area contributed by atoms with E-state index in [4.69, 9.17) is 4.74 Å². The van der Waals surface area contributed by atoms with E-state index in [0.29, 0.717) is 41.2 Å². The first-order chi connectivity index (χ1) is 18.5. The van der Waals surface area contributed by atoms with Crippen LogP contribution in [-0.4, -0.2) is 69.4 Å². The molecule has 5 rings (SSSR count). The third-order valence-electron chi connectivity index (χ3n) is 7.83. The minimum Gasteiger partial charge on any atom is -0.469 e. The van der Waals surface area contributed by atoms with E-state index in [2.05, 4.69) is 15.8 Å². The number of methoxy groups -OCH3 is 1. The van der Waals surface area contributed by atoms with Gasteiger partial charge in [0.15, 0.2) is 0 Å². The molecule has 2 aromatic rings. The average molecular weight is 554 g/mol. The molecule has 0 radical (unpaired) electrons. The Morgan fingerprint density at radius 1 is 1.03 bits per heavy atom. The average Bonchev–Trinajstić information content (AvgIpc) is 3.50. The molecule has 2 amide bonds. The van der Waals surface area contributed by atoms with Crippen molar-refractivity contribution in [2.45, 2.75) is 41.3 Å². The lowest BCUT2D eigenvalue weighted by molar-refractivity contribution is -0.140. The predicted octanol–water partition coefficient (Wildman–Crippen LogP) is 3.60. The summed E-state index contributed by atoms with van der Waals surface area (Å²) in [6.45, 7) is 0. The Hall–Kier alpha value is -2.98. The van der Waals surface area contributed by atoms with Gasteiger partial charge in [-0.1, -0.05) is 41.6 Å². The molecule has 2 aliphatic heterocycles. The summed E-state index contributed by atoms with van der Waals surface area (Å²) in [5, 5.41) is 20.6. The van der Waals surface area contributed by atoms with E-state index in [1.807, 2.05) is 36.4 Å². The highest BCUT2D eigenvalue weighted by Gasteiger charge is 2.66. The van der Waals surface area contributed by atoms with Crippen molar-refractivity contribution in [1.82, 2.24) is 10.6 Å². The van der Waals surface area contributed by atoms with Gasteiger partial charge in [0.1, 0.15) is 0 Å². The second-order valence-electron chi connectivity index (χ2n) is 9.91. The Morgan fingerprint density at radius 3 is 2.32 bits per heavy atom. The van der Waals surface area contributed by atoms with Crippen LogP contribution in [0.2, 0.25) is 0 Å². The molecule has 0 unspecified atom stereocenters. The molecule has 0 spiro atoms. The number of amides is 2. The van der Waals surface area contributed by atoms with Crippen molar-refractivity contribution in [3.8, 4) is 0 Å². The van der Waals surface area contributed by atoms with Crippen LogP contribution in [0.5, 0.6) is 0 Å². The molecule has 2 heterocycles. The lowest BCUT2D eigenvalue weighted by Gasteiger charge is -2.48. The van der Waals surface area contributed by atoms with Crippen LogP contribution in [0.1, 0.15) is 40.0 Å². The van der Waals surface area contributed by atoms with E-state index < -0.39 is 5.54 Å². The molecule has 38 heavy (non-hydrogen) atoms. The number of fused-ring (bicyclic) bond motifs is 4. The number of ether oxygens (including phenoxy) is 1. The van der Waals surface area contributed by atoms with Gasteiger partial charge in [-0.2, -0.15) is 11.8 Å². The molecule has 1 aliphatic carbocycles. The van der Waals surface area contributed by atoms with Gasteiger partial charge in [0, 0.05) is 46.3 Å². The Morgan fingerprint density at radius 2 is 1.68 bits per heavy atom. The van der Waals surface area contributed by atoms with Crippen molar-refractivity contribution in [3.05, 3.63) is 71.8 Å². The number of hydrogen-bond donors (Lipinski definition) is 3. The second-order valence-corrected chi connectivity index (χ2v) is 12.3. The van der Waals surface area contributed by atoms with Gasteiger partial charge >= 0.3 is 5.97 Å². The monoisotopic (exact) mass is 553 g/mol. The summed E-state index contributed by atoms with van der Waals surface area (Å²) >= 11 is 3.47. The zero-order valence-corrected chi connectivity index (χ0v) is 22.7. The maximum Gasteiger partial charge on any atom is 0.305 e. The topological polar surface area (TPSA) is 117 Å². The van der Waals surface area contributed by atoms with Gasteiger partial charge in [-0.3, -0.25) is 14.4 Å². The predicted molar refractivity (Wildman–Crippen MR) is 149 cm³/mol. The quantitative estimate of drug-likeness (QED) is 0.260. The molecule has 2 bridgehead atoms. The van der Waals surface area contributed by atoms with Crippen molar-refractivity contribution in [2.75, 3.05) is 18.6 Å². The van der Waals surface area contributed by atoms with E-state index in [1.165, 1.54) is 7.11 Å². The second kappa shape index (κ2) is 11.4. The smallest absolute Gasteiger partial charge is 0.305 e. The highest BCUT2D eigenvalue weighted by Crippen LogP contribution is 2.57. The van der Waals surface area contributed by atoms with Crippen molar-refractivity contribution in [1.29, 1.82) is 0 Å². The first kappa shape index (κ1) is 26.6. The number of rotatable bonds is 8. The zero-order chi connectivity index (χ0) is 26.7. The summed E-state index contributed by atoms with van der Waals surface area (Å²) in [6.07, 6.45) is 1.73. The number of thioether (sulfide) groups is 2. The number of carbonyl (C=O) groups is 3. The Balaban J connectivity index is 1.47. The molecule has 1 saturated carbocycles. The Labute approximate surface area is 230 Å². The minimum absolute atomic E-state index is 0.0916. The molecule has 3 aliphatic rings. The summed E-state index contributed by atoms with van der Waals surface area (Å²) in [5.74, 6) is 0.508. The Kier molecular flexibility index (Phi) is 7.99. The van der Waals surface area contributed by atoms with Crippen LogP contribution in [0.25, 0.3) is 0 Å². The minimum atomic E-state index is -0.904. The standard InChI is InChI=1S/C28H31N3O5S2/c1-36-21(32)14-8-13-19-23-22(20(15-37-23)29-26(33)17-9-4-2-5-10-17)28(16-38-24(19)25(28)31-35)30-27(34)18-11-6-3-7-12-18/h2-7,9-12,19-20,22-24,35H,8,13-16H2,1H3,(H,29,33)(H,30,34)/b31-25-/t19-,20-,22-,23-,24+,28-/m1/s1. The van der Waals surface area contributed by atoms with Gasteiger partial charge in [0.05, 0.1) is 23.6 Å². The molecular formula is C28H31N3O5S2. The van der Waals surface area contributed by atoms with Crippen molar-refractivity contribution >= 4 is 47.0 Å². The maximum absolute atomic E-state index is 13.5. The van der Waals surface area contributed by atoms with E-state index in [1.54, 1.807) is 47.8 Å². The zero-order valence-electron chi connectivity index (χ0n) is 21.0. The normalized spacial score (nSPS) is 30.4. The molecule has 6 atom stereocenters. The van der Waals surface area contributed by atoms with Crippen LogP contribution in [0.4, 0.5) is 0 Å². The number of nitrogens with zero attached hydrogens (tertiary/aromatic N) is 1. The number of oxime groups is 1. The van der Waals surface area contributed by atoms with Gasteiger partial charge in [0.25, 0.3) is 11.8 Å². The molecule has 8 nitrogen and oxygen atoms in total. The van der Waals surface area contributed by atoms with Crippen LogP contribution < -0.4 is 10.6 Å². The molecular weight excluding hydrogens is 522 g/mol. The number of benzene rings is 2. The number of carbonyl (C=O) groups excluding carboxylic acids is 3. The lowest BCUT2D eigenvalue weighted by atomic mass is 9.64. The first-order valence-corrected chi connectivity index (χ1v) is 14.8. The molecule has 0 aromatic heterocycles. The maximum atomic E-state index is 13.5. The molecule has 10 heteroatoms. The van der Waals surface area contributed by atoms with Gasteiger partial charge < -0.3 is 20.6 Å². The SMILES string of the molecule is COC(=O)CCC[C@@H]1[C@H]2SC[C@@H](NC(=O)c3ccccc3)[C@H]2[C@]2(NC(=O)c3ccccc3)CS[C@@H]1/C2=N/O. The number of nitrogens with one attached hydrogen (secondary N) is 2. The van der Waals surface area contributed by atoms with Crippen molar-refractivity contribution in [3.63, 3.8) is 0 Å². The number of esters is 1. The van der Waals surface area contributed by atoms with Gasteiger partial charge in [-0.05, 0) is 43.0 Å². The summed E-state index contributed by atoms with van der Waals surface area (Å²) in [7, 11) is 1.39. The fraction of sp³-hybridized carbons (Fsp3) is 0.429. The molecule has 2 saturated heterocycles. The molecule has 2 aromatic carbocycles. The van der Waals surface area contributed by atoms with Gasteiger partial charge in [-0.25, -0.2) is 0 Å². The summed E-state index contributed by atoms with van der Waals surface area (Å²) in [4.78, 5) is 38.4. The van der Waals surface area contributed by atoms with E-state index in [9.17, 15) is 19.6 Å². The summed E-state index contributed by atoms with van der Waals surface area (Å²) < 4.78 is 4.83. The molecule has 3 N–H and O–H groups in total. The lowest BCUT2D eigenvalue weighted by Crippen LogP contribution is -2.69. The van der Waals surface area contributed by atoms with E-state index in [-0.39, 0.29) is 46.2 Å². The highest BCUT2D eigenvalue weighted by atomic mass is 32.2. The third-order valence-corrected chi connectivity index (χ3v) is 11.0. The van der Waals surface area contributed by atoms with Crippen LogP contribution >= 0.6 is 23.5 Å². The van der Waals surface area contributed by atoms with Crippen LogP contribution in [-0.2, 0) is 9.53 Å². The fourth-order valence-corrected chi connectivity index (χ4v) is 9.94. The molecule has 3 fully saturated rings. The van der Waals surface area contributed by atoms with Crippen LogP contribution in [0.3, 0.4) is 0 Å². The summed E-state index contributed by atoms with van der Waals surface area (Å²) in [5.41, 5.74) is 0.750. The fourth-order valence-electron chi connectivity index (χ4n) is 6.12. The Bertz CT molecular complexity index is 1210. The first-order valence-electron chi connectivity index (χ1n) is 12.7.